The fourth-order valence-electron chi connectivity index (χ4n) is 1.96. The molecule has 1 aromatic heterocycles. The van der Waals surface area contributed by atoms with E-state index in [0.717, 1.165) is 23.5 Å². The summed E-state index contributed by atoms with van der Waals surface area (Å²) >= 11 is 0. The molecule has 0 saturated heterocycles. The first-order valence-corrected chi connectivity index (χ1v) is 5.84. The van der Waals surface area contributed by atoms with E-state index >= 15 is 0 Å². The molecule has 1 heterocycles. The van der Waals surface area contributed by atoms with Gasteiger partial charge in [-0.05, 0) is 34.6 Å². The molecule has 2 N–H and O–H groups in total. The number of hydrogen-bond donors (Lipinski definition) is 1. The molecule has 1 atom stereocenters. The van der Waals surface area contributed by atoms with E-state index in [1.807, 2.05) is 32.4 Å². The summed E-state index contributed by atoms with van der Waals surface area (Å²) in [6.45, 7) is 11.6. The third-order valence-corrected chi connectivity index (χ3v) is 2.65. The van der Waals surface area contributed by atoms with Gasteiger partial charge in [-0.2, -0.15) is 5.10 Å². The number of aromatic nitrogens is 2. The van der Waals surface area contributed by atoms with Crippen LogP contribution in [0, 0.1) is 13.8 Å². The third-order valence-electron chi connectivity index (χ3n) is 2.65. The van der Waals surface area contributed by atoms with Crippen molar-refractivity contribution in [3.05, 3.63) is 17.0 Å². The quantitative estimate of drug-likeness (QED) is 0.833. The van der Waals surface area contributed by atoms with Crippen molar-refractivity contribution < 1.29 is 4.74 Å². The van der Waals surface area contributed by atoms with Gasteiger partial charge in [0.15, 0.2) is 0 Å². The maximum atomic E-state index is 5.92. The van der Waals surface area contributed by atoms with Crippen molar-refractivity contribution in [3.63, 3.8) is 0 Å². The summed E-state index contributed by atoms with van der Waals surface area (Å²) in [4.78, 5) is 0. The maximum Gasteiger partial charge on any atom is 0.0666 e. The fraction of sp³-hybridized carbons (Fsp3) is 0.750. The molecule has 0 aliphatic heterocycles. The molecule has 1 rings (SSSR count). The van der Waals surface area contributed by atoms with Crippen LogP contribution in [0.15, 0.2) is 0 Å². The Morgan fingerprint density at radius 1 is 1.31 bits per heavy atom. The molecule has 4 nitrogen and oxygen atoms in total. The molecule has 0 amide bonds. The van der Waals surface area contributed by atoms with Crippen molar-refractivity contribution in [3.8, 4) is 0 Å². The molecule has 0 aromatic carbocycles. The van der Waals surface area contributed by atoms with E-state index in [4.69, 9.17) is 10.5 Å². The second kappa shape index (κ2) is 5.46. The van der Waals surface area contributed by atoms with Gasteiger partial charge in [-0.25, -0.2) is 0 Å². The monoisotopic (exact) mass is 225 g/mol. The molecule has 0 radical (unpaired) electrons. The molecule has 1 unspecified atom stereocenters. The van der Waals surface area contributed by atoms with Crippen molar-refractivity contribution in [1.29, 1.82) is 0 Å². The largest absolute Gasteiger partial charge is 0.377 e. The standard InChI is InChI=1S/C12H23N3O/c1-8(2)16-7-6-15-11(5)12(9(3)13)10(4)14-15/h8-9H,6-7,13H2,1-5H3. The van der Waals surface area contributed by atoms with Gasteiger partial charge in [-0.1, -0.05) is 0 Å². The second-order valence-corrected chi connectivity index (χ2v) is 4.52. The van der Waals surface area contributed by atoms with Crippen LogP contribution in [-0.4, -0.2) is 22.5 Å². The van der Waals surface area contributed by atoms with Gasteiger partial charge in [0.2, 0.25) is 0 Å². The van der Waals surface area contributed by atoms with E-state index in [9.17, 15) is 0 Å². The summed E-state index contributed by atoms with van der Waals surface area (Å²) in [5, 5.41) is 4.48. The Morgan fingerprint density at radius 3 is 2.38 bits per heavy atom. The second-order valence-electron chi connectivity index (χ2n) is 4.52. The normalized spacial score (nSPS) is 13.4. The zero-order valence-electron chi connectivity index (χ0n) is 10.9. The van der Waals surface area contributed by atoms with E-state index in [2.05, 4.69) is 12.0 Å². The number of nitrogens with two attached hydrogens (primary N) is 1. The Bertz CT molecular complexity index is 342. The predicted molar refractivity (Wildman–Crippen MR) is 65.4 cm³/mol. The third kappa shape index (κ3) is 3.06. The van der Waals surface area contributed by atoms with Crippen molar-refractivity contribution in [2.45, 2.75) is 53.3 Å². The zero-order valence-corrected chi connectivity index (χ0v) is 10.9. The summed E-state index contributed by atoms with van der Waals surface area (Å²) in [6, 6.07) is 0.0415. The van der Waals surface area contributed by atoms with Crippen LogP contribution in [0.2, 0.25) is 0 Å². The molecular weight excluding hydrogens is 202 g/mol. The van der Waals surface area contributed by atoms with E-state index in [0.29, 0.717) is 6.61 Å². The van der Waals surface area contributed by atoms with Crippen LogP contribution in [0.4, 0.5) is 0 Å². The highest BCUT2D eigenvalue weighted by atomic mass is 16.5. The van der Waals surface area contributed by atoms with Crippen molar-refractivity contribution >= 4 is 0 Å². The van der Waals surface area contributed by atoms with Crippen LogP contribution < -0.4 is 5.73 Å². The minimum atomic E-state index is 0.0415. The first-order chi connectivity index (χ1) is 7.43. The number of hydrogen-bond acceptors (Lipinski definition) is 3. The number of nitrogens with zero attached hydrogens (tertiary/aromatic N) is 2. The molecule has 16 heavy (non-hydrogen) atoms. The summed E-state index contributed by atoms with van der Waals surface area (Å²) < 4.78 is 7.50. The van der Waals surface area contributed by atoms with Crippen LogP contribution >= 0.6 is 0 Å². The van der Waals surface area contributed by atoms with Crippen molar-refractivity contribution in [2.24, 2.45) is 5.73 Å². The first-order valence-electron chi connectivity index (χ1n) is 5.84. The van der Waals surface area contributed by atoms with Crippen LogP contribution in [0.1, 0.15) is 43.8 Å². The molecule has 0 bridgehead atoms. The van der Waals surface area contributed by atoms with E-state index in [1.54, 1.807) is 0 Å². The molecule has 0 spiro atoms. The van der Waals surface area contributed by atoms with E-state index in [1.165, 1.54) is 0 Å². The summed E-state index contributed by atoms with van der Waals surface area (Å²) in [6.07, 6.45) is 0.268. The van der Waals surface area contributed by atoms with Gasteiger partial charge >= 0.3 is 0 Å². The van der Waals surface area contributed by atoms with Gasteiger partial charge in [0.1, 0.15) is 0 Å². The minimum Gasteiger partial charge on any atom is -0.377 e. The molecule has 0 aliphatic carbocycles. The summed E-state index contributed by atoms with van der Waals surface area (Å²) in [7, 11) is 0. The highest BCUT2D eigenvalue weighted by molar-refractivity contribution is 5.27. The smallest absolute Gasteiger partial charge is 0.0666 e. The molecule has 92 valence electrons. The van der Waals surface area contributed by atoms with Crippen LogP contribution in [0.3, 0.4) is 0 Å². The van der Waals surface area contributed by atoms with E-state index in [-0.39, 0.29) is 12.1 Å². The van der Waals surface area contributed by atoms with Gasteiger partial charge in [0.05, 0.1) is 24.9 Å². The Hall–Kier alpha value is -0.870. The van der Waals surface area contributed by atoms with Crippen LogP contribution in [0.5, 0.6) is 0 Å². The van der Waals surface area contributed by atoms with Crippen molar-refractivity contribution in [2.75, 3.05) is 6.61 Å². The molecule has 0 aliphatic rings. The first kappa shape index (κ1) is 13.2. The SMILES string of the molecule is Cc1nn(CCOC(C)C)c(C)c1C(C)N. The Labute approximate surface area is 97.8 Å². The molecular formula is C12H23N3O. The fourth-order valence-corrected chi connectivity index (χ4v) is 1.96. The highest BCUT2D eigenvalue weighted by Crippen LogP contribution is 2.19. The molecule has 0 saturated carbocycles. The van der Waals surface area contributed by atoms with E-state index < -0.39 is 0 Å². The Morgan fingerprint density at radius 2 is 1.94 bits per heavy atom. The summed E-state index contributed by atoms with van der Waals surface area (Å²) in [5.74, 6) is 0. The molecule has 4 heteroatoms. The number of aryl methyl sites for hydroxylation is 1. The minimum absolute atomic E-state index is 0.0415. The lowest BCUT2D eigenvalue weighted by Gasteiger charge is -2.09. The summed E-state index contributed by atoms with van der Waals surface area (Å²) in [5.41, 5.74) is 9.26. The molecule has 1 aromatic rings. The van der Waals surface area contributed by atoms with Crippen LogP contribution in [-0.2, 0) is 11.3 Å². The maximum absolute atomic E-state index is 5.92. The van der Waals surface area contributed by atoms with Gasteiger partial charge in [-0.15, -0.1) is 0 Å². The number of ether oxygens (including phenoxy) is 1. The van der Waals surface area contributed by atoms with Gasteiger partial charge in [0, 0.05) is 17.3 Å². The van der Waals surface area contributed by atoms with Crippen molar-refractivity contribution in [1.82, 2.24) is 9.78 Å². The lowest BCUT2D eigenvalue weighted by Crippen LogP contribution is -2.13. The highest BCUT2D eigenvalue weighted by Gasteiger charge is 2.14. The predicted octanol–water partition coefficient (Wildman–Crippen LogP) is 1.94. The Balaban J connectivity index is 2.71. The van der Waals surface area contributed by atoms with Gasteiger partial charge in [-0.3, -0.25) is 4.68 Å². The lowest BCUT2D eigenvalue weighted by molar-refractivity contribution is 0.0706. The lowest BCUT2D eigenvalue weighted by atomic mass is 10.1. The molecule has 0 fully saturated rings. The Kier molecular flexibility index (Phi) is 4.50. The van der Waals surface area contributed by atoms with Gasteiger partial charge < -0.3 is 10.5 Å². The zero-order chi connectivity index (χ0) is 12.3. The average Bonchev–Trinajstić information content (AvgIpc) is 2.41. The average molecular weight is 225 g/mol. The number of rotatable bonds is 5. The van der Waals surface area contributed by atoms with Crippen LogP contribution in [0.25, 0.3) is 0 Å². The van der Waals surface area contributed by atoms with Gasteiger partial charge in [0.25, 0.3) is 0 Å². The topological polar surface area (TPSA) is 53.1 Å².